The predicted octanol–water partition coefficient (Wildman–Crippen LogP) is 3.36. The Labute approximate surface area is 121 Å². The van der Waals surface area contributed by atoms with Gasteiger partial charge in [-0.25, -0.2) is 4.79 Å². The molecule has 0 fully saturated rings. The zero-order valence-electron chi connectivity index (χ0n) is 11.7. The summed E-state index contributed by atoms with van der Waals surface area (Å²) in [5.41, 5.74) is -0.950. The Kier molecular flexibility index (Phi) is 4.94. The molecule has 1 aromatic rings. The molecule has 20 heavy (non-hydrogen) atoms. The number of hydrogen-bond acceptors (Lipinski definition) is 5. The summed E-state index contributed by atoms with van der Waals surface area (Å²) in [6.07, 6.45) is -0.964. The van der Waals surface area contributed by atoms with Gasteiger partial charge in [0, 0.05) is 11.1 Å². The largest absolute Gasteiger partial charge is 0.472 e. The van der Waals surface area contributed by atoms with E-state index in [1.807, 2.05) is 0 Å². The van der Waals surface area contributed by atoms with Crippen LogP contribution in [0.15, 0.2) is 18.2 Å². The number of esters is 1. The van der Waals surface area contributed by atoms with E-state index < -0.39 is 22.6 Å². The van der Waals surface area contributed by atoms with Crippen LogP contribution in [0.5, 0.6) is 5.75 Å². The van der Waals surface area contributed by atoms with Gasteiger partial charge >= 0.3 is 11.7 Å². The monoisotopic (exact) mass is 301 g/mol. The first-order valence-electron chi connectivity index (χ1n) is 5.93. The van der Waals surface area contributed by atoms with Crippen LogP contribution in [0, 0.1) is 10.1 Å². The lowest BCUT2D eigenvalue weighted by molar-refractivity contribution is -0.386. The molecule has 7 heteroatoms. The summed E-state index contributed by atoms with van der Waals surface area (Å²) < 4.78 is 10.4. The lowest BCUT2D eigenvalue weighted by Gasteiger charge is -2.22. The number of carbonyl (C=O) groups excluding carboxylic acids is 1. The molecule has 110 valence electrons. The smallest absolute Gasteiger partial charge is 0.347 e. The summed E-state index contributed by atoms with van der Waals surface area (Å²) in [7, 11) is 0. The van der Waals surface area contributed by atoms with Gasteiger partial charge < -0.3 is 9.47 Å². The van der Waals surface area contributed by atoms with Crippen LogP contribution in [0.1, 0.15) is 27.7 Å². The molecule has 0 aliphatic carbocycles. The van der Waals surface area contributed by atoms with Gasteiger partial charge in [0.2, 0.25) is 0 Å². The third-order valence-corrected chi connectivity index (χ3v) is 2.40. The van der Waals surface area contributed by atoms with Crippen molar-refractivity contribution in [1.29, 1.82) is 0 Å². The van der Waals surface area contributed by atoms with E-state index in [0.29, 0.717) is 0 Å². The van der Waals surface area contributed by atoms with Gasteiger partial charge in [0.25, 0.3) is 0 Å². The number of rotatable bonds is 4. The molecular weight excluding hydrogens is 286 g/mol. The van der Waals surface area contributed by atoms with Crippen molar-refractivity contribution in [3.63, 3.8) is 0 Å². The number of benzene rings is 1. The maximum Gasteiger partial charge on any atom is 0.347 e. The number of carbonyl (C=O) groups is 1. The van der Waals surface area contributed by atoms with Gasteiger partial charge in [-0.15, -0.1) is 0 Å². The van der Waals surface area contributed by atoms with Crippen molar-refractivity contribution in [2.45, 2.75) is 39.4 Å². The molecule has 0 bridgehead atoms. The molecule has 0 aliphatic rings. The Morgan fingerprint density at radius 2 is 2.00 bits per heavy atom. The molecule has 0 heterocycles. The van der Waals surface area contributed by atoms with Crippen molar-refractivity contribution in [3.05, 3.63) is 33.3 Å². The topological polar surface area (TPSA) is 78.7 Å². The van der Waals surface area contributed by atoms with Crippen LogP contribution in [0.4, 0.5) is 5.69 Å². The van der Waals surface area contributed by atoms with E-state index in [0.717, 1.165) is 0 Å². The second-order valence-electron chi connectivity index (χ2n) is 5.16. The maximum atomic E-state index is 11.8. The van der Waals surface area contributed by atoms with Gasteiger partial charge in [0.05, 0.1) is 4.92 Å². The van der Waals surface area contributed by atoms with Crippen LogP contribution in [0.25, 0.3) is 0 Å². The Balaban J connectivity index is 2.88. The fraction of sp³-hybridized carbons (Fsp3) is 0.462. The zero-order chi connectivity index (χ0) is 15.5. The standard InChI is InChI=1S/C13H16ClNO5/c1-8(12(16)20-13(2,3)4)19-11-6-5-9(14)7-10(11)15(17)18/h5-8H,1-4H3. The third-order valence-electron chi connectivity index (χ3n) is 2.16. The normalized spacial score (nSPS) is 12.7. The first kappa shape index (κ1) is 16.2. The van der Waals surface area contributed by atoms with Crippen LogP contribution in [0.3, 0.4) is 0 Å². The summed E-state index contributed by atoms with van der Waals surface area (Å²) in [5, 5.41) is 11.1. The van der Waals surface area contributed by atoms with Gasteiger partial charge in [-0.3, -0.25) is 10.1 Å². The van der Waals surface area contributed by atoms with Crippen molar-refractivity contribution >= 4 is 23.3 Å². The van der Waals surface area contributed by atoms with Gasteiger partial charge in [-0.2, -0.15) is 0 Å². The van der Waals surface area contributed by atoms with E-state index in [9.17, 15) is 14.9 Å². The minimum Gasteiger partial charge on any atom is -0.472 e. The molecule has 0 saturated carbocycles. The summed E-state index contributed by atoms with van der Waals surface area (Å²) >= 11 is 5.70. The van der Waals surface area contributed by atoms with Crippen LogP contribution < -0.4 is 4.74 Å². The SMILES string of the molecule is CC(Oc1ccc(Cl)cc1[N+](=O)[O-])C(=O)OC(C)(C)C. The Hall–Kier alpha value is -1.82. The van der Waals surface area contributed by atoms with Crippen molar-refractivity contribution in [2.75, 3.05) is 0 Å². The summed E-state index contributed by atoms with van der Waals surface area (Å²) in [5.74, 6) is -0.625. The van der Waals surface area contributed by atoms with Crippen molar-refractivity contribution in [2.24, 2.45) is 0 Å². The van der Waals surface area contributed by atoms with Crippen molar-refractivity contribution in [1.82, 2.24) is 0 Å². The molecule has 1 aromatic carbocycles. The lowest BCUT2D eigenvalue weighted by atomic mass is 10.2. The van der Waals surface area contributed by atoms with E-state index in [2.05, 4.69) is 0 Å². The van der Waals surface area contributed by atoms with E-state index in [-0.39, 0.29) is 16.5 Å². The van der Waals surface area contributed by atoms with Crippen LogP contribution in [-0.2, 0) is 9.53 Å². The molecule has 0 aliphatic heterocycles. The van der Waals surface area contributed by atoms with Crippen LogP contribution >= 0.6 is 11.6 Å². The third kappa shape index (κ3) is 4.70. The van der Waals surface area contributed by atoms with E-state index in [4.69, 9.17) is 21.1 Å². The molecule has 0 N–H and O–H groups in total. The summed E-state index contributed by atoms with van der Waals surface area (Å²) in [6.45, 7) is 6.64. The molecule has 0 radical (unpaired) electrons. The fourth-order valence-corrected chi connectivity index (χ4v) is 1.52. The molecule has 1 rings (SSSR count). The number of nitro groups is 1. The van der Waals surface area contributed by atoms with Gasteiger partial charge in [0.1, 0.15) is 5.60 Å². The highest BCUT2D eigenvalue weighted by Gasteiger charge is 2.25. The van der Waals surface area contributed by atoms with Crippen molar-refractivity contribution < 1.29 is 19.2 Å². The Morgan fingerprint density at radius 3 is 2.50 bits per heavy atom. The number of nitrogens with zero attached hydrogens (tertiary/aromatic N) is 1. The zero-order valence-corrected chi connectivity index (χ0v) is 12.4. The average molecular weight is 302 g/mol. The van der Waals surface area contributed by atoms with Gasteiger partial charge in [0.15, 0.2) is 11.9 Å². The average Bonchev–Trinajstić information content (AvgIpc) is 2.28. The Bertz CT molecular complexity index is 524. The summed E-state index contributed by atoms with van der Waals surface area (Å²) in [6, 6.07) is 3.96. The highest BCUT2D eigenvalue weighted by molar-refractivity contribution is 6.30. The molecule has 0 aromatic heterocycles. The summed E-state index contributed by atoms with van der Waals surface area (Å²) in [4.78, 5) is 22.1. The number of hydrogen-bond donors (Lipinski definition) is 0. The first-order valence-corrected chi connectivity index (χ1v) is 6.31. The van der Waals surface area contributed by atoms with Gasteiger partial charge in [-0.1, -0.05) is 11.6 Å². The van der Waals surface area contributed by atoms with E-state index in [1.165, 1.54) is 25.1 Å². The maximum absolute atomic E-state index is 11.8. The molecule has 1 unspecified atom stereocenters. The minimum atomic E-state index is -0.964. The van der Waals surface area contributed by atoms with E-state index in [1.54, 1.807) is 20.8 Å². The molecule has 1 atom stereocenters. The molecule has 6 nitrogen and oxygen atoms in total. The number of nitro benzene ring substituents is 1. The number of ether oxygens (including phenoxy) is 2. The van der Waals surface area contributed by atoms with Gasteiger partial charge in [-0.05, 0) is 39.8 Å². The Morgan fingerprint density at radius 1 is 1.40 bits per heavy atom. The number of halogens is 1. The first-order chi connectivity index (χ1) is 9.10. The molecular formula is C13H16ClNO5. The fourth-order valence-electron chi connectivity index (χ4n) is 1.36. The predicted molar refractivity (Wildman–Crippen MR) is 74.0 cm³/mol. The lowest BCUT2D eigenvalue weighted by Crippen LogP contribution is -2.33. The van der Waals surface area contributed by atoms with E-state index >= 15 is 0 Å². The molecule has 0 saturated heterocycles. The molecule has 0 amide bonds. The molecule has 0 spiro atoms. The highest BCUT2D eigenvalue weighted by Crippen LogP contribution is 2.30. The van der Waals surface area contributed by atoms with Crippen LogP contribution in [-0.4, -0.2) is 22.6 Å². The highest BCUT2D eigenvalue weighted by atomic mass is 35.5. The minimum absolute atomic E-state index is 0.0299. The van der Waals surface area contributed by atoms with Crippen molar-refractivity contribution in [3.8, 4) is 5.75 Å². The quantitative estimate of drug-likeness (QED) is 0.484. The second kappa shape index (κ2) is 6.09. The second-order valence-corrected chi connectivity index (χ2v) is 5.60. The van der Waals surface area contributed by atoms with Crippen LogP contribution in [0.2, 0.25) is 5.02 Å².